The predicted octanol–water partition coefficient (Wildman–Crippen LogP) is 1.45. The molecule has 0 amide bonds. The summed E-state index contributed by atoms with van der Waals surface area (Å²) in [5, 5.41) is 0. The Morgan fingerprint density at radius 2 is 2.00 bits per heavy atom. The second kappa shape index (κ2) is 5.98. The highest BCUT2D eigenvalue weighted by molar-refractivity contribution is 5.01. The smallest absolute Gasteiger partial charge is 0.0594 e. The molecule has 0 unspecified atom stereocenters. The second-order valence-corrected chi connectivity index (χ2v) is 2.87. The van der Waals surface area contributed by atoms with E-state index in [2.05, 4.69) is 23.1 Å². The molecule has 1 saturated heterocycles. The first-order valence-corrected chi connectivity index (χ1v) is 4.51. The van der Waals surface area contributed by atoms with Gasteiger partial charge in [0.05, 0.1) is 13.2 Å². The van der Waals surface area contributed by atoms with Crippen LogP contribution in [-0.4, -0.2) is 37.7 Å². The summed E-state index contributed by atoms with van der Waals surface area (Å²) in [4.78, 5) is 2.39. The summed E-state index contributed by atoms with van der Waals surface area (Å²) in [7, 11) is 0. The van der Waals surface area contributed by atoms with Crippen molar-refractivity contribution in [2.24, 2.45) is 0 Å². The number of hydrogen-bond donors (Lipinski definition) is 0. The van der Waals surface area contributed by atoms with Crippen LogP contribution in [0.15, 0.2) is 24.3 Å². The van der Waals surface area contributed by atoms with E-state index in [1.54, 1.807) is 0 Å². The van der Waals surface area contributed by atoms with E-state index >= 15 is 0 Å². The van der Waals surface area contributed by atoms with Crippen molar-refractivity contribution in [1.82, 2.24) is 4.90 Å². The van der Waals surface area contributed by atoms with Gasteiger partial charge in [-0.05, 0) is 6.92 Å². The molecule has 1 aliphatic heterocycles. The van der Waals surface area contributed by atoms with Gasteiger partial charge in [0.1, 0.15) is 0 Å². The molecule has 0 bridgehead atoms. The highest BCUT2D eigenvalue weighted by Crippen LogP contribution is 1.95. The zero-order valence-electron chi connectivity index (χ0n) is 7.70. The van der Waals surface area contributed by atoms with E-state index in [9.17, 15) is 0 Å². The molecule has 1 aliphatic rings. The van der Waals surface area contributed by atoms with Gasteiger partial charge in [-0.25, -0.2) is 0 Å². The minimum absolute atomic E-state index is 0.886. The fourth-order valence-corrected chi connectivity index (χ4v) is 1.18. The molecule has 68 valence electrons. The minimum atomic E-state index is 0.886. The monoisotopic (exact) mass is 167 g/mol. The zero-order chi connectivity index (χ0) is 8.65. The third-order valence-electron chi connectivity index (χ3n) is 1.91. The van der Waals surface area contributed by atoms with Crippen LogP contribution < -0.4 is 0 Å². The van der Waals surface area contributed by atoms with Crippen molar-refractivity contribution in [3.8, 4) is 0 Å². The lowest BCUT2D eigenvalue weighted by Gasteiger charge is -2.24. The van der Waals surface area contributed by atoms with Crippen LogP contribution in [0.2, 0.25) is 0 Å². The van der Waals surface area contributed by atoms with Crippen molar-refractivity contribution < 1.29 is 4.74 Å². The first kappa shape index (κ1) is 9.49. The van der Waals surface area contributed by atoms with Gasteiger partial charge in [0.15, 0.2) is 0 Å². The highest BCUT2D eigenvalue weighted by Gasteiger charge is 2.06. The maximum Gasteiger partial charge on any atom is 0.0594 e. The van der Waals surface area contributed by atoms with Gasteiger partial charge in [0, 0.05) is 19.6 Å². The number of ether oxygens (including phenoxy) is 1. The van der Waals surface area contributed by atoms with E-state index in [1.807, 2.05) is 13.0 Å². The SMILES string of the molecule is C/C=C/C=C/CN1CCOCC1. The normalized spacial score (nSPS) is 21.1. The maximum absolute atomic E-state index is 5.25. The molecule has 0 N–H and O–H groups in total. The summed E-state index contributed by atoms with van der Waals surface area (Å²) in [6.45, 7) is 6.99. The Morgan fingerprint density at radius 3 is 2.67 bits per heavy atom. The number of allylic oxidation sites excluding steroid dienone is 3. The third-order valence-corrected chi connectivity index (χ3v) is 1.91. The molecule has 0 radical (unpaired) electrons. The van der Waals surface area contributed by atoms with Crippen molar-refractivity contribution in [1.29, 1.82) is 0 Å². The average Bonchev–Trinajstić information content (AvgIpc) is 2.14. The van der Waals surface area contributed by atoms with Crippen molar-refractivity contribution >= 4 is 0 Å². The number of hydrogen-bond acceptors (Lipinski definition) is 2. The Hall–Kier alpha value is -0.600. The van der Waals surface area contributed by atoms with Crippen LogP contribution in [-0.2, 0) is 4.74 Å². The second-order valence-electron chi connectivity index (χ2n) is 2.87. The predicted molar refractivity (Wildman–Crippen MR) is 51.2 cm³/mol. The number of nitrogens with zero attached hydrogens (tertiary/aromatic N) is 1. The molecule has 0 spiro atoms. The van der Waals surface area contributed by atoms with Crippen LogP contribution in [0, 0.1) is 0 Å². The van der Waals surface area contributed by atoms with Gasteiger partial charge in [-0.2, -0.15) is 0 Å². The van der Waals surface area contributed by atoms with Gasteiger partial charge in [-0.1, -0.05) is 24.3 Å². The van der Waals surface area contributed by atoms with Crippen LogP contribution in [0.1, 0.15) is 6.92 Å². The van der Waals surface area contributed by atoms with Crippen molar-refractivity contribution in [2.45, 2.75) is 6.92 Å². The molecular formula is C10H17NO. The molecule has 12 heavy (non-hydrogen) atoms. The van der Waals surface area contributed by atoms with Gasteiger partial charge in [-0.15, -0.1) is 0 Å². The quantitative estimate of drug-likeness (QED) is 0.590. The molecular weight excluding hydrogens is 150 g/mol. The topological polar surface area (TPSA) is 12.5 Å². The van der Waals surface area contributed by atoms with Gasteiger partial charge >= 0.3 is 0 Å². The van der Waals surface area contributed by atoms with Gasteiger partial charge in [-0.3, -0.25) is 4.90 Å². The fourth-order valence-electron chi connectivity index (χ4n) is 1.18. The average molecular weight is 167 g/mol. The van der Waals surface area contributed by atoms with Gasteiger partial charge < -0.3 is 4.74 Å². The minimum Gasteiger partial charge on any atom is -0.379 e. The van der Waals surface area contributed by atoms with Gasteiger partial charge in [0.25, 0.3) is 0 Å². The lowest BCUT2D eigenvalue weighted by Crippen LogP contribution is -2.36. The molecule has 0 aromatic carbocycles. The molecule has 0 aromatic heterocycles. The lowest BCUT2D eigenvalue weighted by atomic mass is 10.4. The Labute approximate surface area is 74.5 Å². The molecule has 0 aliphatic carbocycles. The third kappa shape index (κ3) is 3.69. The van der Waals surface area contributed by atoms with Crippen LogP contribution in [0.5, 0.6) is 0 Å². The van der Waals surface area contributed by atoms with E-state index in [0.717, 1.165) is 32.8 Å². The molecule has 1 fully saturated rings. The van der Waals surface area contributed by atoms with Crippen molar-refractivity contribution in [2.75, 3.05) is 32.8 Å². The van der Waals surface area contributed by atoms with Crippen LogP contribution in [0.25, 0.3) is 0 Å². The Kier molecular flexibility index (Phi) is 4.73. The Bertz CT molecular complexity index is 157. The molecule has 1 rings (SSSR count). The molecule has 2 nitrogen and oxygen atoms in total. The molecule has 0 aromatic rings. The van der Waals surface area contributed by atoms with E-state index < -0.39 is 0 Å². The lowest BCUT2D eigenvalue weighted by molar-refractivity contribution is 0.0434. The van der Waals surface area contributed by atoms with Gasteiger partial charge in [0.2, 0.25) is 0 Å². The summed E-state index contributed by atoms with van der Waals surface area (Å²) in [6.07, 6.45) is 8.37. The van der Waals surface area contributed by atoms with Crippen LogP contribution in [0.4, 0.5) is 0 Å². The van der Waals surface area contributed by atoms with Crippen LogP contribution >= 0.6 is 0 Å². The van der Waals surface area contributed by atoms with Crippen molar-refractivity contribution in [3.63, 3.8) is 0 Å². The largest absolute Gasteiger partial charge is 0.379 e. The van der Waals surface area contributed by atoms with E-state index in [-0.39, 0.29) is 0 Å². The Balaban J connectivity index is 2.12. The first-order valence-electron chi connectivity index (χ1n) is 4.51. The maximum atomic E-state index is 5.25. The molecule has 0 atom stereocenters. The number of morpholine rings is 1. The fraction of sp³-hybridized carbons (Fsp3) is 0.600. The van der Waals surface area contributed by atoms with Crippen molar-refractivity contribution in [3.05, 3.63) is 24.3 Å². The standard InChI is InChI=1S/C10H17NO/c1-2-3-4-5-6-11-7-9-12-10-8-11/h2-5H,6-10H2,1H3/b3-2+,5-4+. The molecule has 2 heteroatoms. The summed E-state index contributed by atoms with van der Waals surface area (Å²) in [6, 6.07) is 0. The zero-order valence-corrected chi connectivity index (χ0v) is 7.70. The number of rotatable bonds is 3. The van der Waals surface area contributed by atoms with E-state index in [4.69, 9.17) is 4.74 Å². The summed E-state index contributed by atoms with van der Waals surface area (Å²) in [5.41, 5.74) is 0. The highest BCUT2D eigenvalue weighted by atomic mass is 16.5. The van der Waals surface area contributed by atoms with E-state index in [0.29, 0.717) is 0 Å². The first-order chi connectivity index (χ1) is 5.93. The summed E-state index contributed by atoms with van der Waals surface area (Å²) < 4.78 is 5.25. The Morgan fingerprint density at radius 1 is 1.25 bits per heavy atom. The molecule has 1 heterocycles. The van der Waals surface area contributed by atoms with Crippen LogP contribution in [0.3, 0.4) is 0 Å². The molecule has 0 saturated carbocycles. The van der Waals surface area contributed by atoms with E-state index in [1.165, 1.54) is 0 Å². The summed E-state index contributed by atoms with van der Waals surface area (Å²) >= 11 is 0. The summed E-state index contributed by atoms with van der Waals surface area (Å²) in [5.74, 6) is 0.